The lowest BCUT2D eigenvalue weighted by Gasteiger charge is -2.19. The fraction of sp³-hybridized carbons (Fsp3) is 1.00. The minimum atomic E-state index is -1.91. The van der Waals surface area contributed by atoms with Crippen LogP contribution in [0.5, 0.6) is 0 Å². The summed E-state index contributed by atoms with van der Waals surface area (Å²) in [6.07, 6.45) is -0.374. The van der Waals surface area contributed by atoms with Crippen molar-refractivity contribution in [2.45, 2.75) is 31.3 Å². The van der Waals surface area contributed by atoms with E-state index in [1.807, 2.05) is 0 Å². The van der Waals surface area contributed by atoms with Crippen molar-refractivity contribution in [2.75, 3.05) is 0 Å². The Morgan fingerprint density at radius 1 is 1.30 bits per heavy atom. The van der Waals surface area contributed by atoms with Crippen molar-refractivity contribution in [3.05, 3.63) is 0 Å². The van der Waals surface area contributed by atoms with Gasteiger partial charge in [0, 0.05) is 12.3 Å². The van der Waals surface area contributed by atoms with Gasteiger partial charge < -0.3 is 20.4 Å². The third kappa shape index (κ3) is 1.29. The molecule has 0 aliphatic heterocycles. The average Bonchev–Trinajstić information content (AvgIpc) is 1.73. The molecule has 10 heavy (non-hydrogen) atoms. The second-order valence-corrected chi connectivity index (χ2v) is 3.14. The number of aliphatic hydroxyl groups is 4. The van der Waals surface area contributed by atoms with Gasteiger partial charge in [-0.3, -0.25) is 0 Å². The molecule has 1 aliphatic carbocycles. The van der Waals surface area contributed by atoms with Gasteiger partial charge in [-0.25, -0.2) is 0 Å². The third-order valence-corrected chi connectivity index (χ3v) is 1.97. The zero-order chi connectivity index (χ0) is 7.99. The minimum Gasteiger partial charge on any atom is -0.365 e. The van der Waals surface area contributed by atoms with E-state index in [9.17, 15) is 0 Å². The summed E-state index contributed by atoms with van der Waals surface area (Å²) in [5.74, 6) is -4.30. The topological polar surface area (TPSA) is 80.9 Å². The molecule has 0 aromatic heterocycles. The molecular weight excluding hydrogens is 136 g/mol. The molecule has 0 aromatic rings. The van der Waals surface area contributed by atoms with Crippen LogP contribution in [-0.4, -0.2) is 32.0 Å². The number of rotatable bonds is 0. The molecule has 0 heterocycles. The van der Waals surface area contributed by atoms with Crippen LogP contribution in [0, 0.1) is 5.92 Å². The molecule has 0 aromatic carbocycles. The normalized spacial score (nSPS) is 36.3. The van der Waals surface area contributed by atoms with Gasteiger partial charge in [0.15, 0.2) is 11.6 Å². The number of hydrogen-bond donors (Lipinski definition) is 4. The summed E-state index contributed by atoms with van der Waals surface area (Å²) in [4.78, 5) is 0. The van der Waals surface area contributed by atoms with E-state index in [1.165, 1.54) is 0 Å². The molecule has 1 atom stereocenters. The molecule has 4 N–H and O–H groups in total. The lowest BCUT2D eigenvalue weighted by molar-refractivity contribution is -0.215. The molecule has 1 fully saturated rings. The Kier molecular flexibility index (Phi) is 1.52. The van der Waals surface area contributed by atoms with Crippen LogP contribution in [0.2, 0.25) is 0 Å². The molecule has 0 amide bonds. The van der Waals surface area contributed by atoms with Crippen molar-refractivity contribution >= 4 is 0 Å². The predicted molar refractivity (Wildman–Crippen MR) is 33.8 cm³/mol. The lowest BCUT2D eigenvalue weighted by atomic mass is 10.1. The molecule has 0 spiro atoms. The highest BCUT2D eigenvalue weighted by molar-refractivity contribution is 4.90. The van der Waals surface area contributed by atoms with E-state index < -0.39 is 17.5 Å². The van der Waals surface area contributed by atoms with Crippen LogP contribution in [0.25, 0.3) is 0 Å². The lowest BCUT2D eigenvalue weighted by Crippen LogP contribution is -2.33. The van der Waals surface area contributed by atoms with Gasteiger partial charge in [0.25, 0.3) is 0 Å². The van der Waals surface area contributed by atoms with Crippen molar-refractivity contribution in [2.24, 2.45) is 5.92 Å². The Balaban J connectivity index is 0.000001000. The fourth-order valence-corrected chi connectivity index (χ4v) is 1.32. The maximum absolute atomic E-state index is 9.03. The summed E-state index contributed by atoms with van der Waals surface area (Å²) in [5, 5.41) is 35.9. The first-order valence-corrected chi connectivity index (χ1v) is 3.23. The molecule has 1 saturated carbocycles. The van der Waals surface area contributed by atoms with Crippen LogP contribution >= 0.6 is 0 Å². The summed E-state index contributed by atoms with van der Waals surface area (Å²) in [6.45, 7) is 1.56. The van der Waals surface area contributed by atoms with Gasteiger partial charge in [-0.05, 0) is 0 Å². The van der Waals surface area contributed by atoms with E-state index in [2.05, 4.69) is 0 Å². The van der Waals surface area contributed by atoms with E-state index in [-0.39, 0.29) is 14.3 Å². The van der Waals surface area contributed by atoms with Gasteiger partial charge in [0.1, 0.15) is 0 Å². The van der Waals surface area contributed by atoms with Gasteiger partial charge in [-0.1, -0.05) is 6.92 Å². The van der Waals surface area contributed by atoms with Gasteiger partial charge in [-0.15, -0.1) is 0 Å². The Morgan fingerprint density at radius 3 is 1.90 bits per heavy atom. The second-order valence-electron chi connectivity index (χ2n) is 3.14. The fourth-order valence-electron chi connectivity index (χ4n) is 1.32. The van der Waals surface area contributed by atoms with Gasteiger partial charge >= 0.3 is 1.43 Å². The van der Waals surface area contributed by atoms with Gasteiger partial charge in [0.05, 0.1) is 6.42 Å². The zero-order valence-electron chi connectivity index (χ0n) is 6.78. The summed E-state index contributed by atoms with van der Waals surface area (Å²) in [7, 11) is 0. The molecule has 0 radical (unpaired) electrons. The molecule has 0 saturated heterocycles. The molecule has 1 rings (SSSR count). The average molecular weight is 149 g/mol. The first-order chi connectivity index (χ1) is 4.33. The highest BCUT2D eigenvalue weighted by atomic mass is 16.5. The van der Waals surface area contributed by atoms with E-state index in [0.29, 0.717) is 0 Å². The molecule has 0 bridgehead atoms. The molecular formula is C6H13O4+. The smallest absolute Gasteiger partial charge is 0.365 e. The standard InChI is InChI=1S/C6H12O4/c1-4-2-5(7,8)3-6(4,9)10/h4,7-10H,2-3H2,1H3/p+1. The van der Waals surface area contributed by atoms with E-state index >= 15 is 0 Å². The Bertz CT molecular complexity index is 146. The van der Waals surface area contributed by atoms with Crippen molar-refractivity contribution in [1.29, 1.82) is 0 Å². The van der Waals surface area contributed by atoms with E-state index in [4.69, 9.17) is 20.4 Å². The summed E-state index contributed by atoms with van der Waals surface area (Å²) >= 11 is 0. The van der Waals surface area contributed by atoms with Crippen LogP contribution < -0.4 is 0 Å². The highest BCUT2D eigenvalue weighted by Crippen LogP contribution is 2.38. The maximum Gasteiger partial charge on any atom is 1.00 e. The molecule has 1 unspecified atom stereocenters. The molecule has 4 heteroatoms. The zero-order valence-corrected chi connectivity index (χ0v) is 5.78. The quantitative estimate of drug-likeness (QED) is 0.329. The van der Waals surface area contributed by atoms with Crippen LogP contribution in [0.15, 0.2) is 0 Å². The van der Waals surface area contributed by atoms with Crippen LogP contribution in [0.3, 0.4) is 0 Å². The van der Waals surface area contributed by atoms with Crippen molar-refractivity contribution in [3.8, 4) is 0 Å². The SMILES string of the molecule is CC1CC(O)(O)CC1(O)O.[H+]. The molecule has 60 valence electrons. The summed E-state index contributed by atoms with van der Waals surface area (Å²) in [5.41, 5.74) is 0. The first kappa shape index (κ1) is 7.94. The van der Waals surface area contributed by atoms with Crippen LogP contribution in [-0.2, 0) is 0 Å². The van der Waals surface area contributed by atoms with Crippen molar-refractivity contribution in [3.63, 3.8) is 0 Å². The molecule has 1 aliphatic rings. The Labute approximate surface area is 60.2 Å². The minimum absolute atomic E-state index is 0. The monoisotopic (exact) mass is 149 g/mol. The largest absolute Gasteiger partial charge is 1.00 e. The third-order valence-electron chi connectivity index (χ3n) is 1.97. The van der Waals surface area contributed by atoms with Crippen LogP contribution in [0.1, 0.15) is 21.2 Å². The Morgan fingerprint density at radius 2 is 1.80 bits per heavy atom. The van der Waals surface area contributed by atoms with Crippen molar-refractivity contribution in [1.82, 2.24) is 0 Å². The molecule has 4 nitrogen and oxygen atoms in total. The number of hydrogen-bond acceptors (Lipinski definition) is 4. The van der Waals surface area contributed by atoms with Crippen molar-refractivity contribution < 1.29 is 21.9 Å². The summed E-state index contributed by atoms with van der Waals surface area (Å²) in [6, 6.07) is 0. The van der Waals surface area contributed by atoms with Crippen LogP contribution in [0.4, 0.5) is 0 Å². The summed E-state index contributed by atoms with van der Waals surface area (Å²) < 4.78 is 0. The van der Waals surface area contributed by atoms with Gasteiger partial charge in [-0.2, -0.15) is 0 Å². The van der Waals surface area contributed by atoms with E-state index in [0.717, 1.165) is 0 Å². The predicted octanol–water partition coefficient (Wildman–Crippen LogP) is -1.11. The second kappa shape index (κ2) is 1.92. The maximum atomic E-state index is 9.03. The first-order valence-electron chi connectivity index (χ1n) is 3.23. The van der Waals surface area contributed by atoms with E-state index in [1.54, 1.807) is 6.92 Å². The Hall–Kier alpha value is -0.160. The van der Waals surface area contributed by atoms with Gasteiger partial charge in [0.2, 0.25) is 0 Å². The highest BCUT2D eigenvalue weighted by Gasteiger charge is 2.49.